The molecule has 0 bridgehead atoms. The molecule has 0 aliphatic carbocycles. The monoisotopic (exact) mass is 398 g/mol. The van der Waals surface area contributed by atoms with Gasteiger partial charge in [0.25, 0.3) is 0 Å². The van der Waals surface area contributed by atoms with E-state index in [1.165, 1.54) is 0 Å². The molecule has 2 N–H and O–H groups in total. The summed E-state index contributed by atoms with van der Waals surface area (Å²) in [5.74, 6) is 2.45. The van der Waals surface area contributed by atoms with E-state index in [1.54, 1.807) is 11.3 Å². The van der Waals surface area contributed by atoms with Gasteiger partial charge in [0.2, 0.25) is 0 Å². The lowest BCUT2D eigenvalue weighted by Gasteiger charge is -2.12. The maximum Gasteiger partial charge on any atom is 0.192 e. The Labute approximate surface area is 169 Å². The van der Waals surface area contributed by atoms with E-state index in [1.807, 2.05) is 55.7 Å². The Balaban J connectivity index is 1.66. The molecule has 0 unspecified atom stereocenters. The van der Waals surface area contributed by atoms with Crippen LogP contribution in [0.4, 0.5) is 5.13 Å². The number of rotatable bonds is 7. The minimum Gasteiger partial charge on any atom is -0.354 e. The molecule has 28 heavy (non-hydrogen) atoms. The molecule has 1 aromatic carbocycles. The van der Waals surface area contributed by atoms with E-state index in [0.717, 1.165) is 28.0 Å². The summed E-state index contributed by atoms with van der Waals surface area (Å²) in [5.41, 5.74) is 2.14. The number of aliphatic imine (C=N–C) groups is 1. The lowest BCUT2D eigenvalue weighted by molar-refractivity contribution is 0.712. The molecule has 2 aromatic heterocycles. The number of anilines is 1. The highest BCUT2D eigenvalue weighted by Crippen LogP contribution is 2.17. The van der Waals surface area contributed by atoms with Crippen molar-refractivity contribution >= 4 is 22.4 Å². The third-order valence-electron chi connectivity index (χ3n) is 4.22. The number of aromatic nitrogens is 4. The Morgan fingerprint density at radius 2 is 1.89 bits per heavy atom. The molecule has 0 saturated carbocycles. The van der Waals surface area contributed by atoms with Crippen LogP contribution in [0.15, 0.2) is 40.7 Å². The van der Waals surface area contributed by atoms with Gasteiger partial charge in [0.05, 0.1) is 25.3 Å². The second kappa shape index (κ2) is 9.32. The number of hydrogen-bond acceptors (Lipinski definition) is 6. The molecule has 0 radical (unpaired) electrons. The molecule has 0 spiro atoms. The Kier molecular flexibility index (Phi) is 6.59. The highest BCUT2D eigenvalue weighted by Gasteiger charge is 2.08. The normalized spacial score (nSPS) is 11.5. The zero-order chi connectivity index (χ0) is 19.9. The standard InChI is InChI=1S/C19H26N8S/c1-14-24-25-17(27(14)4)12-22-18(20-10-15-8-6-5-7-9-15)21-11-16-13-28-19(23-16)26(2)3/h5-9,13H,10-12H2,1-4H3,(H2,20,21,22). The van der Waals surface area contributed by atoms with Crippen LogP contribution in [0.2, 0.25) is 0 Å². The second-order valence-electron chi connectivity index (χ2n) is 6.60. The number of guanidine groups is 1. The van der Waals surface area contributed by atoms with Crippen molar-refractivity contribution in [1.29, 1.82) is 0 Å². The first-order valence-corrected chi connectivity index (χ1v) is 9.93. The van der Waals surface area contributed by atoms with Gasteiger partial charge in [-0.1, -0.05) is 30.3 Å². The van der Waals surface area contributed by atoms with Gasteiger partial charge in [-0.2, -0.15) is 0 Å². The number of nitrogens with one attached hydrogen (secondary N) is 2. The van der Waals surface area contributed by atoms with Crippen LogP contribution in [-0.4, -0.2) is 39.8 Å². The SMILES string of the molecule is Cc1nnc(CNC(=NCc2ccccc2)NCc2csc(N(C)C)n2)n1C. The number of thiazole rings is 1. The van der Waals surface area contributed by atoms with Crippen molar-refractivity contribution in [2.24, 2.45) is 12.0 Å². The summed E-state index contributed by atoms with van der Waals surface area (Å²) < 4.78 is 1.96. The summed E-state index contributed by atoms with van der Waals surface area (Å²) in [6.45, 7) is 3.67. The Morgan fingerprint density at radius 1 is 1.14 bits per heavy atom. The van der Waals surface area contributed by atoms with E-state index in [9.17, 15) is 0 Å². The van der Waals surface area contributed by atoms with Crippen LogP contribution < -0.4 is 15.5 Å². The second-order valence-corrected chi connectivity index (χ2v) is 7.43. The van der Waals surface area contributed by atoms with Crippen LogP contribution in [0.25, 0.3) is 0 Å². The lowest BCUT2D eigenvalue weighted by Crippen LogP contribution is -2.37. The summed E-state index contributed by atoms with van der Waals surface area (Å²) in [6, 6.07) is 10.2. The van der Waals surface area contributed by atoms with Gasteiger partial charge < -0.3 is 20.1 Å². The van der Waals surface area contributed by atoms with Crippen molar-refractivity contribution in [3.63, 3.8) is 0 Å². The van der Waals surface area contributed by atoms with Gasteiger partial charge >= 0.3 is 0 Å². The molecular formula is C19H26N8S. The third kappa shape index (κ3) is 5.29. The van der Waals surface area contributed by atoms with Crippen LogP contribution in [0.1, 0.15) is 22.9 Å². The minimum atomic E-state index is 0.540. The number of hydrogen-bond donors (Lipinski definition) is 2. The van der Waals surface area contributed by atoms with Crippen molar-refractivity contribution in [2.45, 2.75) is 26.6 Å². The van der Waals surface area contributed by atoms with E-state index >= 15 is 0 Å². The zero-order valence-corrected chi connectivity index (χ0v) is 17.5. The van der Waals surface area contributed by atoms with Crippen LogP contribution in [0, 0.1) is 6.92 Å². The summed E-state index contributed by atoms with van der Waals surface area (Å²) in [6.07, 6.45) is 0. The quantitative estimate of drug-likeness (QED) is 0.468. The van der Waals surface area contributed by atoms with Crippen LogP contribution in [-0.2, 0) is 26.7 Å². The Hall–Kier alpha value is -2.94. The van der Waals surface area contributed by atoms with Crippen molar-refractivity contribution in [3.8, 4) is 0 Å². The van der Waals surface area contributed by atoms with Crippen molar-refractivity contribution in [2.75, 3.05) is 19.0 Å². The molecule has 0 saturated heterocycles. The minimum absolute atomic E-state index is 0.540. The van der Waals surface area contributed by atoms with Crippen LogP contribution >= 0.6 is 11.3 Å². The number of aryl methyl sites for hydroxylation is 1. The summed E-state index contributed by atoms with van der Waals surface area (Å²) >= 11 is 1.63. The first-order chi connectivity index (χ1) is 13.5. The van der Waals surface area contributed by atoms with Crippen molar-refractivity contribution in [3.05, 3.63) is 58.6 Å². The predicted molar refractivity (Wildman–Crippen MR) is 113 cm³/mol. The number of nitrogens with zero attached hydrogens (tertiary/aromatic N) is 6. The predicted octanol–water partition coefficient (Wildman–Crippen LogP) is 2.08. The van der Waals surface area contributed by atoms with E-state index in [2.05, 4.69) is 43.3 Å². The lowest BCUT2D eigenvalue weighted by atomic mass is 10.2. The fraction of sp³-hybridized carbons (Fsp3) is 0.368. The fourth-order valence-electron chi connectivity index (χ4n) is 2.45. The van der Waals surface area contributed by atoms with Crippen molar-refractivity contribution in [1.82, 2.24) is 30.4 Å². The molecule has 148 valence electrons. The largest absolute Gasteiger partial charge is 0.354 e. The molecule has 3 aromatic rings. The van der Waals surface area contributed by atoms with Gasteiger partial charge in [0.1, 0.15) is 5.82 Å². The first-order valence-electron chi connectivity index (χ1n) is 9.05. The zero-order valence-electron chi connectivity index (χ0n) is 16.7. The molecule has 0 aliphatic heterocycles. The maximum absolute atomic E-state index is 4.70. The van der Waals surface area contributed by atoms with Gasteiger partial charge in [0, 0.05) is 26.5 Å². The average Bonchev–Trinajstić information content (AvgIpc) is 3.30. The molecule has 8 nitrogen and oxygen atoms in total. The highest BCUT2D eigenvalue weighted by atomic mass is 32.1. The molecule has 0 aliphatic rings. The molecule has 0 fully saturated rings. The van der Waals surface area contributed by atoms with E-state index in [0.29, 0.717) is 25.6 Å². The Bertz CT molecular complexity index is 913. The number of benzene rings is 1. The smallest absolute Gasteiger partial charge is 0.192 e. The molecule has 0 atom stereocenters. The molecule has 3 rings (SSSR count). The Morgan fingerprint density at radius 3 is 2.54 bits per heavy atom. The molecule has 9 heteroatoms. The summed E-state index contributed by atoms with van der Waals surface area (Å²) in [4.78, 5) is 11.3. The average molecular weight is 399 g/mol. The van der Waals surface area contributed by atoms with Gasteiger partial charge in [0.15, 0.2) is 16.9 Å². The van der Waals surface area contributed by atoms with E-state index in [4.69, 9.17) is 4.99 Å². The highest BCUT2D eigenvalue weighted by molar-refractivity contribution is 7.13. The summed E-state index contributed by atoms with van der Waals surface area (Å²) in [5, 5.41) is 18.0. The molecular weight excluding hydrogens is 372 g/mol. The van der Waals surface area contributed by atoms with E-state index in [-0.39, 0.29) is 0 Å². The topological polar surface area (TPSA) is 83.3 Å². The summed E-state index contributed by atoms with van der Waals surface area (Å²) in [7, 11) is 5.94. The van der Waals surface area contributed by atoms with Gasteiger partial charge in [-0.25, -0.2) is 9.98 Å². The molecule has 2 heterocycles. The first kappa shape index (κ1) is 19.8. The molecule has 0 amide bonds. The van der Waals surface area contributed by atoms with Crippen LogP contribution in [0.3, 0.4) is 0 Å². The third-order valence-corrected chi connectivity index (χ3v) is 5.28. The fourth-order valence-corrected chi connectivity index (χ4v) is 3.21. The van der Waals surface area contributed by atoms with Gasteiger partial charge in [-0.05, 0) is 12.5 Å². The maximum atomic E-state index is 4.70. The van der Waals surface area contributed by atoms with Crippen molar-refractivity contribution < 1.29 is 0 Å². The van der Waals surface area contributed by atoms with E-state index < -0.39 is 0 Å². The van der Waals surface area contributed by atoms with Gasteiger partial charge in [-0.3, -0.25) is 0 Å². The van der Waals surface area contributed by atoms with Gasteiger partial charge in [-0.15, -0.1) is 21.5 Å². The van der Waals surface area contributed by atoms with Crippen LogP contribution in [0.5, 0.6) is 0 Å².